The van der Waals surface area contributed by atoms with Gasteiger partial charge in [0.2, 0.25) is 0 Å². The van der Waals surface area contributed by atoms with Crippen LogP contribution in [-0.2, 0) is 0 Å². The Morgan fingerprint density at radius 1 is 1.36 bits per heavy atom. The first-order valence-electron chi connectivity index (χ1n) is 7.03. The zero-order valence-electron chi connectivity index (χ0n) is 12.0. The molecule has 1 saturated heterocycles. The van der Waals surface area contributed by atoms with E-state index in [-0.39, 0.29) is 5.56 Å². The number of anilines is 1. The minimum atomic E-state index is -4.39. The Morgan fingerprint density at radius 3 is 2.64 bits per heavy atom. The minimum Gasteiger partial charge on any atom is -0.399 e. The highest BCUT2D eigenvalue weighted by molar-refractivity contribution is 5.95. The Morgan fingerprint density at radius 2 is 2.05 bits per heavy atom. The molecule has 22 heavy (non-hydrogen) atoms. The molecule has 122 valence electrons. The normalized spacial score (nSPS) is 18.0. The van der Waals surface area contributed by atoms with Gasteiger partial charge < -0.3 is 16.4 Å². The van der Waals surface area contributed by atoms with Crippen molar-refractivity contribution >= 4 is 11.6 Å². The number of carbonyl (C=O) groups is 1. The van der Waals surface area contributed by atoms with E-state index in [2.05, 4.69) is 10.6 Å². The number of hydrogen-bond acceptors (Lipinski definition) is 4. The molecular weight excluding hydrogens is 297 g/mol. The number of nitrogens with zero attached hydrogens (tertiary/aromatic N) is 1. The lowest BCUT2D eigenvalue weighted by atomic mass is 10.1. The molecule has 1 aliphatic heterocycles. The minimum absolute atomic E-state index is 0.251. The van der Waals surface area contributed by atoms with E-state index in [1.807, 2.05) is 0 Å². The summed E-state index contributed by atoms with van der Waals surface area (Å²) in [5.41, 5.74) is 6.21. The van der Waals surface area contributed by atoms with Crippen molar-refractivity contribution in [1.29, 1.82) is 0 Å². The Labute approximate surface area is 126 Å². The number of rotatable bonds is 4. The summed E-state index contributed by atoms with van der Waals surface area (Å²) in [4.78, 5) is 13.3. The Bertz CT molecular complexity index is 515. The standard InChI is InChI=1S/C14H19F3N4O/c15-14(16,17)12(21-6-4-19-5-7-21)9-20-13(22)10-2-1-3-11(18)8-10/h1-3,8,12,19H,4-7,9,18H2,(H,20,22). The first kappa shape index (κ1) is 16.6. The maximum atomic E-state index is 13.2. The molecule has 1 heterocycles. The molecule has 1 amide bonds. The molecule has 1 unspecified atom stereocenters. The summed E-state index contributed by atoms with van der Waals surface area (Å²) < 4.78 is 39.6. The van der Waals surface area contributed by atoms with E-state index in [4.69, 9.17) is 5.73 Å². The summed E-state index contributed by atoms with van der Waals surface area (Å²) in [6, 6.07) is 4.46. The molecule has 0 bridgehead atoms. The summed E-state index contributed by atoms with van der Waals surface area (Å²) in [5.74, 6) is -0.559. The van der Waals surface area contributed by atoms with Crippen molar-refractivity contribution in [3.05, 3.63) is 29.8 Å². The molecule has 1 atom stereocenters. The van der Waals surface area contributed by atoms with Gasteiger partial charge in [-0.3, -0.25) is 9.69 Å². The van der Waals surface area contributed by atoms with Crippen LogP contribution in [0.1, 0.15) is 10.4 Å². The molecule has 1 aliphatic rings. The molecule has 0 aliphatic carbocycles. The Hall–Kier alpha value is -1.80. The summed E-state index contributed by atoms with van der Waals surface area (Å²) in [6.07, 6.45) is -4.39. The molecule has 0 spiro atoms. The zero-order chi connectivity index (χ0) is 16.2. The van der Waals surface area contributed by atoms with Crippen molar-refractivity contribution in [2.24, 2.45) is 0 Å². The maximum Gasteiger partial charge on any atom is 0.405 e. The highest BCUT2D eigenvalue weighted by Crippen LogP contribution is 2.24. The van der Waals surface area contributed by atoms with Gasteiger partial charge in [0.15, 0.2) is 0 Å². The maximum absolute atomic E-state index is 13.2. The molecule has 8 heteroatoms. The molecule has 0 radical (unpaired) electrons. The van der Waals surface area contributed by atoms with E-state index < -0.39 is 24.7 Å². The number of carbonyl (C=O) groups excluding carboxylic acids is 1. The van der Waals surface area contributed by atoms with E-state index in [1.165, 1.54) is 17.0 Å². The van der Waals surface area contributed by atoms with Crippen LogP contribution in [-0.4, -0.2) is 55.7 Å². The van der Waals surface area contributed by atoms with Gasteiger partial charge in [0, 0.05) is 44.0 Å². The number of alkyl halides is 3. The van der Waals surface area contributed by atoms with Crippen molar-refractivity contribution in [1.82, 2.24) is 15.5 Å². The fourth-order valence-corrected chi connectivity index (χ4v) is 2.42. The lowest BCUT2D eigenvalue weighted by molar-refractivity contribution is -0.183. The number of hydrogen-bond donors (Lipinski definition) is 3. The molecule has 0 saturated carbocycles. The molecule has 0 aromatic heterocycles. The first-order chi connectivity index (χ1) is 10.4. The molecular formula is C14H19F3N4O. The van der Waals surface area contributed by atoms with Gasteiger partial charge in [0.05, 0.1) is 0 Å². The molecule has 1 aromatic rings. The monoisotopic (exact) mass is 316 g/mol. The highest BCUT2D eigenvalue weighted by Gasteiger charge is 2.43. The molecule has 4 N–H and O–H groups in total. The summed E-state index contributed by atoms with van der Waals surface area (Å²) in [5, 5.41) is 5.36. The van der Waals surface area contributed by atoms with Gasteiger partial charge >= 0.3 is 6.18 Å². The fraction of sp³-hybridized carbons (Fsp3) is 0.500. The highest BCUT2D eigenvalue weighted by atomic mass is 19.4. The van der Waals surface area contributed by atoms with Gasteiger partial charge in [-0.05, 0) is 18.2 Å². The number of nitrogen functional groups attached to an aromatic ring is 1. The topological polar surface area (TPSA) is 70.4 Å². The second-order valence-electron chi connectivity index (χ2n) is 5.18. The quantitative estimate of drug-likeness (QED) is 0.720. The van der Waals surface area contributed by atoms with Gasteiger partial charge in [0.1, 0.15) is 6.04 Å². The lowest BCUT2D eigenvalue weighted by Gasteiger charge is -2.35. The Balaban J connectivity index is 2.00. The molecule has 5 nitrogen and oxygen atoms in total. The van der Waals surface area contributed by atoms with Crippen molar-refractivity contribution in [2.75, 3.05) is 38.5 Å². The number of nitrogens with one attached hydrogen (secondary N) is 2. The average molecular weight is 316 g/mol. The van der Waals surface area contributed by atoms with Gasteiger partial charge in [-0.1, -0.05) is 6.07 Å². The van der Waals surface area contributed by atoms with Crippen molar-refractivity contribution in [3.63, 3.8) is 0 Å². The predicted octanol–water partition coefficient (Wildman–Crippen LogP) is 0.835. The second-order valence-corrected chi connectivity index (χ2v) is 5.18. The van der Waals surface area contributed by atoms with Crippen LogP contribution in [0.3, 0.4) is 0 Å². The Kier molecular flexibility index (Phi) is 5.25. The molecule has 1 fully saturated rings. The number of amides is 1. The van der Waals surface area contributed by atoms with Gasteiger partial charge in [-0.2, -0.15) is 13.2 Å². The third-order valence-corrected chi connectivity index (χ3v) is 3.57. The van der Waals surface area contributed by atoms with Crippen LogP contribution in [0.5, 0.6) is 0 Å². The van der Waals surface area contributed by atoms with E-state index >= 15 is 0 Å². The molecule has 1 aromatic carbocycles. The molecule has 2 rings (SSSR count). The SMILES string of the molecule is Nc1cccc(C(=O)NCC(N2CCNCC2)C(F)(F)F)c1. The van der Waals surface area contributed by atoms with Crippen LogP contribution >= 0.6 is 0 Å². The van der Waals surface area contributed by atoms with Crippen LogP contribution < -0.4 is 16.4 Å². The first-order valence-corrected chi connectivity index (χ1v) is 7.03. The van der Waals surface area contributed by atoms with Crippen molar-refractivity contribution < 1.29 is 18.0 Å². The largest absolute Gasteiger partial charge is 0.405 e. The smallest absolute Gasteiger partial charge is 0.399 e. The second kappa shape index (κ2) is 6.97. The van der Waals surface area contributed by atoms with E-state index in [1.54, 1.807) is 12.1 Å². The summed E-state index contributed by atoms with van der Waals surface area (Å²) >= 11 is 0. The third-order valence-electron chi connectivity index (χ3n) is 3.57. The van der Waals surface area contributed by atoms with Gasteiger partial charge in [-0.25, -0.2) is 0 Å². The van der Waals surface area contributed by atoms with Crippen molar-refractivity contribution in [3.8, 4) is 0 Å². The average Bonchev–Trinajstić information content (AvgIpc) is 2.47. The number of nitrogens with two attached hydrogens (primary N) is 1. The fourth-order valence-electron chi connectivity index (χ4n) is 2.42. The summed E-state index contributed by atoms with van der Waals surface area (Å²) in [6.45, 7) is 1.15. The summed E-state index contributed by atoms with van der Waals surface area (Å²) in [7, 11) is 0. The number of piperazine rings is 1. The number of benzene rings is 1. The van der Waals surface area contributed by atoms with Gasteiger partial charge in [-0.15, -0.1) is 0 Å². The number of halogens is 3. The lowest BCUT2D eigenvalue weighted by Crippen LogP contribution is -2.57. The van der Waals surface area contributed by atoms with E-state index in [0.29, 0.717) is 31.9 Å². The third kappa shape index (κ3) is 4.35. The van der Waals surface area contributed by atoms with E-state index in [0.717, 1.165) is 0 Å². The van der Waals surface area contributed by atoms with Crippen LogP contribution in [0.4, 0.5) is 18.9 Å². The zero-order valence-corrected chi connectivity index (χ0v) is 12.0. The van der Waals surface area contributed by atoms with Crippen LogP contribution in [0, 0.1) is 0 Å². The van der Waals surface area contributed by atoms with Crippen molar-refractivity contribution in [2.45, 2.75) is 12.2 Å². The van der Waals surface area contributed by atoms with E-state index in [9.17, 15) is 18.0 Å². The van der Waals surface area contributed by atoms with Crippen LogP contribution in [0.2, 0.25) is 0 Å². The van der Waals surface area contributed by atoms with Gasteiger partial charge in [0.25, 0.3) is 5.91 Å². The predicted molar refractivity (Wildman–Crippen MR) is 77.5 cm³/mol. The van der Waals surface area contributed by atoms with Crippen LogP contribution in [0.15, 0.2) is 24.3 Å². The van der Waals surface area contributed by atoms with Crippen LogP contribution in [0.25, 0.3) is 0 Å².